The lowest BCUT2D eigenvalue weighted by atomic mass is 10.2. The molecule has 104 valence electrons. The normalized spacial score (nSPS) is 12.3. The Morgan fingerprint density at radius 3 is 1.50 bits per heavy atom. The van der Waals surface area contributed by atoms with Crippen LogP contribution in [-0.2, 0) is 0 Å². The van der Waals surface area contributed by atoms with Gasteiger partial charge in [-0.15, -0.1) is 0 Å². The maximum atomic E-state index is 6.16. The van der Waals surface area contributed by atoms with Gasteiger partial charge in [0.2, 0.25) is 0 Å². The van der Waals surface area contributed by atoms with Crippen LogP contribution in [0.1, 0.15) is 0 Å². The molecule has 0 saturated heterocycles. The first-order valence-corrected chi connectivity index (χ1v) is 9.03. The van der Waals surface area contributed by atoms with Gasteiger partial charge in [0.25, 0.3) is 0 Å². The first-order chi connectivity index (χ1) is 9.40. The van der Waals surface area contributed by atoms with E-state index in [0.29, 0.717) is 50.9 Å². The SMILES string of the molecule is Clc1c(Br)cc2c(c1Br)Oc1c(cc(Br)c(Cl)c1Br)O2. The van der Waals surface area contributed by atoms with Crippen LogP contribution in [-0.4, -0.2) is 0 Å². The highest BCUT2D eigenvalue weighted by Crippen LogP contribution is 2.56. The summed E-state index contributed by atoms with van der Waals surface area (Å²) in [6.07, 6.45) is 0. The Morgan fingerprint density at radius 2 is 1.10 bits per heavy atom. The van der Waals surface area contributed by atoms with Gasteiger partial charge in [0.05, 0.1) is 19.0 Å². The second-order valence-electron chi connectivity index (χ2n) is 3.83. The Hall–Kier alpha value is 0.540. The Bertz CT molecular complexity index is 688. The molecule has 1 heterocycles. The number of rotatable bonds is 0. The second-order valence-corrected chi connectivity index (χ2v) is 7.88. The van der Waals surface area contributed by atoms with Crippen LogP contribution < -0.4 is 9.47 Å². The zero-order valence-corrected chi connectivity index (χ0v) is 17.1. The van der Waals surface area contributed by atoms with Crippen molar-refractivity contribution in [2.75, 3.05) is 0 Å². The molecule has 0 N–H and O–H groups in total. The third kappa shape index (κ3) is 2.42. The quantitative estimate of drug-likeness (QED) is 0.256. The van der Waals surface area contributed by atoms with E-state index in [9.17, 15) is 0 Å². The molecule has 0 atom stereocenters. The number of hydrogen-bond donors (Lipinski definition) is 0. The average molecular weight is 569 g/mol. The van der Waals surface area contributed by atoms with Gasteiger partial charge in [-0.3, -0.25) is 0 Å². The van der Waals surface area contributed by atoms with Gasteiger partial charge in [0.1, 0.15) is 0 Å². The van der Waals surface area contributed by atoms with E-state index < -0.39 is 0 Å². The highest BCUT2D eigenvalue weighted by atomic mass is 79.9. The molecule has 2 nitrogen and oxygen atoms in total. The van der Waals surface area contributed by atoms with E-state index >= 15 is 0 Å². The Kier molecular flexibility index (Phi) is 4.35. The van der Waals surface area contributed by atoms with Crippen molar-refractivity contribution < 1.29 is 9.47 Å². The van der Waals surface area contributed by atoms with E-state index in [1.807, 2.05) is 0 Å². The number of fused-ring (bicyclic) bond motifs is 2. The molecule has 0 aromatic heterocycles. The summed E-state index contributed by atoms with van der Waals surface area (Å²) in [5, 5.41) is 1.02. The molecule has 0 amide bonds. The number of benzene rings is 2. The van der Waals surface area contributed by atoms with E-state index in [1.54, 1.807) is 12.1 Å². The van der Waals surface area contributed by atoms with Crippen molar-refractivity contribution in [1.29, 1.82) is 0 Å². The summed E-state index contributed by atoms with van der Waals surface area (Å²) in [7, 11) is 0. The lowest BCUT2D eigenvalue weighted by molar-refractivity contribution is 0.355. The van der Waals surface area contributed by atoms with Crippen LogP contribution in [0.25, 0.3) is 0 Å². The first kappa shape index (κ1) is 15.4. The number of halogens is 6. The van der Waals surface area contributed by atoms with Crippen LogP contribution in [0.3, 0.4) is 0 Å². The Balaban J connectivity index is 2.22. The lowest BCUT2D eigenvalue weighted by Crippen LogP contribution is -2.01. The fourth-order valence-corrected chi connectivity index (χ4v) is 4.28. The van der Waals surface area contributed by atoms with Crippen molar-refractivity contribution in [2.45, 2.75) is 0 Å². The van der Waals surface area contributed by atoms with Crippen LogP contribution >= 0.6 is 86.9 Å². The van der Waals surface area contributed by atoms with Crippen LogP contribution in [0, 0.1) is 0 Å². The van der Waals surface area contributed by atoms with Gasteiger partial charge in [-0.1, -0.05) is 23.2 Å². The smallest absolute Gasteiger partial charge is 0.185 e. The monoisotopic (exact) mass is 564 g/mol. The van der Waals surface area contributed by atoms with Gasteiger partial charge in [0, 0.05) is 21.1 Å². The maximum Gasteiger partial charge on any atom is 0.185 e. The summed E-state index contributed by atoms with van der Waals surface area (Å²) in [6.45, 7) is 0. The average Bonchev–Trinajstić information content (AvgIpc) is 2.41. The summed E-state index contributed by atoms with van der Waals surface area (Å²) in [5.74, 6) is 2.12. The van der Waals surface area contributed by atoms with Gasteiger partial charge < -0.3 is 9.47 Å². The minimum absolute atomic E-state index is 0.504. The van der Waals surface area contributed by atoms with Crippen LogP contribution in [0.2, 0.25) is 10.0 Å². The van der Waals surface area contributed by atoms with Crippen molar-refractivity contribution in [2.24, 2.45) is 0 Å². The molecule has 2 aromatic rings. The molecule has 2 aromatic carbocycles. The van der Waals surface area contributed by atoms with E-state index in [2.05, 4.69) is 63.7 Å². The third-order valence-corrected chi connectivity index (χ3v) is 7.05. The van der Waals surface area contributed by atoms with Crippen molar-refractivity contribution >= 4 is 86.9 Å². The van der Waals surface area contributed by atoms with Crippen molar-refractivity contribution in [3.63, 3.8) is 0 Å². The Morgan fingerprint density at radius 1 is 0.700 bits per heavy atom. The zero-order valence-electron chi connectivity index (χ0n) is 9.24. The molecule has 0 aliphatic carbocycles. The molecule has 0 spiro atoms. The lowest BCUT2D eigenvalue weighted by Gasteiger charge is -2.24. The second kappa shape index (κ2) is 5.63. The van der Waals surface area contributed by atoms with Crippen LogP contribution in [0.4, 0.5) is 0 Å². The predicted molar refractivity (Wildman–Crippen MR) is 93.9 cm³/mol. The van der Waals surface area contributed by atoms with E-state index in [1.165, 1.54) is 0 Å². The summed E-state index contributed by atoms with van der Waals surface area (Å²) in [5.41, 5.74) is 0. The molecule has 0 saturated carbocycles. The van der Waals surface area contributed by atoms with Gasteiger partial charge in [-0.25, -0.2) is 0 Å². The standard InChI is InChI=1S/C12H2Br4Cl2O2/c13-3-1-5-11(7(15)9(3)17)20-12-6(19-5)2-4(14)10(18)8(12)16/h1-2H. The van der Waals surface area contributed by atoms with E-state index in [0.717, 1.165) is 0 Å². The fourth-order valence-electron chi connectivity index (χ4n) is 1.68. The summed E-state index contributed by atoms with van der Waals surface area (Å²) < 4.78 is 14.4. The summed E-state index contributed by atoms with van der Waals surface area (Å²) in [4.78, 5) is 0. The molecular weight excluding hydrogens is 567 g/mol. The molecule has 0 radical (unpaired) electrons. The highest BCUT2D eigenvalue weighted by molar-refractivity contribution is 9.11. The molecule has 20 heavy (non-hydrogen) atoms. The van der Waals surface area contributed by atoms with E-state index in [4.69, 9.17) is 32.7 Å². The molecule has 1 aliphatic heterocycles. The topological polar surface area (TPSA) is 18.5 Å². The third-order valence-electron chi connectivity index (χ3n) is 2.59. The molecule has 0 bridgehead atoms. The van der Waals surface area contributed by atoms with Gasteiger partial charge in [-0.05, 0) is 63.7 Å². The van der Waals surface area contributed by atoms with E-state index in [-0.39, 0.29) is 0 Å². The number of ether oxygens (including phenoxy) is 2. The van der Waals surface area contributed by atoms with Crippen molar-refractivity contribution in [3.8, 4) is 23.0 Å². The first-order valence-electron chi connectivity index (χ1n) is 5.11. The zero-order chi connectivity index (χ0) is 14.6. The van der Waals surface area contributed by atoms with Crippen molar-refractivity contribution in [1.82, 2.24) is 0 Å². The predicted octanol–water partition coefficient (Wildman–Crippen LogP) is 7.94. The molecular formula is C12H2Br4Cl2O2. The minimum atomic E-state index is 0.504. The van der Waals surface area contributed by atoms with Gasteiger partial charge >= 0.3 is 0 Å². The molecule has 0 unspecified atom stereocenters. The molecule has 3 rings (SSSR count). The van der Waals surface area contributed by atoms with Crippen molar-refractivity contribution in [3.05, 3.63) is 40.1 Å². The van der Waals surface area contributed by atoms with Gasteiger partial charge in [-0.2, -0.15) is 0 Å². The molecule has 0 fully saturated rings. The minimum Gasteiger partial charge on any atom is -0.449 e. The van der Waals surface area contributed by atoms with Gasteiger partial charge in [0.15, 0.2) is 23.0 Å². The fraction of sp³-hybridized carbons (Fsp3) is 0. The highest BCUT2D eigenvalue weighted by Gasteiger charge is 2.28. The maximum absolute atomic E-state index is 6.16. The van der Waals surface area contributed by atoms with Crippen LogP contribution in [0.5, 0.6) is 23.0 Å². The largest absolute Gasteiger partial charge is 0.449 e. The summed E-state index contributed by atoms with van der Waals surface area (Å²) in [6, 6.07) is 3.50. The number of hydrogen-bond acceptors (Lipinski definition) is 2. The molecule has 8 heteroatoms. The Labute approximate surface area is 158 Å². The molecule has 1 aliphatic rings. The summed E-state index contributed by atoms with van der Waals surface area (Å²) >= 11 is 25.9. The van der Waals surface area contributed by atoms with Crippen LogP contribution in [0.15, 0.2) is 30.0 Å².